The van der Waals surface area contributed by atoms with Crippen LogP contribution in [0.5, 0.6) is 0 Å². The monoisotopic (exact) mass is 351 g/mol. The van der Waals surface area contributed by atoms with Gasteiger partial charge in [0.2, 0.25) is 5.91 Å². The standard InChI is InChI=1S/C20H21N3O3/c24-18(21-14-8-3-1-4-9-14)17-16-12-7-13-22(16)19(25)20(26)23(17)15-10-5-2-6-11-15/h2,5-7,10-14,17H,1,3-4,8-9H2,(H,21,24). The molecule has 0 spiro atoms. The summed E-state index contributed by atoms with van der Waals surface area (Å²) in [4.78, 5) is 39.7. The van der Waals surface area contributed by atoms with E-state index in [9.17, 15) is 14.4 Å². The molecule has 26 heavy (non-hydrogen) atoms. The van der Waals surface area contributed by atoms with E-state index in [1.54, 1.807) is 42.6 Å². The van der Waals surface area contributed by atoms with Crippen LogP contribution in [0.3, 0.4) is 0 Å². The van der Waals surface area contributed by atoms with Crippen molar-refractivity contribution in [1.29, 1.82) is 0 Å². The van der Waals surface area contributed by atoms with E-state index in [2.05, 4.69) is 5.32 Å². The maximum atomic E-state index is 13.1. The molecular weight excluding hydrogens is 330 g/mol. The fraction of sp³-hybridized carbons (Fsp3) is 0.350. The quantitative estimate of drug-likeness (QED) is 0.864. The summed E-state index contributed by atoms with van der Waals surface area (Å²) in [6.45, 7) is 0. The van der Waals surface area contributed by atoms with Crippen molar-refractivity contribution in [3.05, 3.63) is 54.4 Å². The van der Waals surface area contributed by atoms with Gasteiger partial charge in [-0.1, -0.05) is 37.5 Å². The van der Waals surface area contributed by atoms with E-state index in [0.29, 0.717) is 11.4 Å². The summed E-state index contributed by atoms with van der Waals surface area (Å²) in [5.41, 5.74) is 1.06. The van der Waals surface area contributed by atoms with Gasteiger partial charge in [0.25, 0.3) is 0 Å². The minimum Gasteiger partial charge on any atom is -0.351 e. The summed E-state index contributed by atoms with van der Waals surface area (Å²) in [6, 6.07) is 11.6. The second-order valence-electron chi connectivity index (χ2n) is 6.86. The molecule has 6 nitrogen and oxygen atoms in total. The van der Waals surface area contributed by atoms with Crippen LogP contribution in [0.1, 0.15) is 48.6 Å². The molecule has 0 saturated heterocycles. The number of para-hydroxylation sites is 1. The molecule has 134 valence electrons. The van der Waals surface area contributed by atoms with Crippen molar-refractivity contribution in [3.63, 3.8) is 0 Å². The van der Waals surface area contributed by atoms with E-state index in [4.69, 9.17) is 0 Å². The van der Waals surface area contributed by atoms with Crippen molar-refractivity contribution in [2.24, 2.45) is 0 Å². The Hall–Kier alpha value is -2.89. The lowest BCUT2D eigenvalue weighted by atomic mass is 9.95. The van der Waals surface area contributed by atoms with Crippen LogP contribution in [0.2, 0.25) is 0 Å². The number of aromatic nitrogens is 1. The Kier molecular flexibility index (Phi) is 4.32. The SMILES string of the molecule is O=C(NC1CCCCC1)C1c2cccn2C(=O)C(=O)N1c1ccccc1. The Bertz CT molecular complexity index is 837. The second-order valence-corrected chi connectivity index (χ2v) is 6.86. The zero-order chi connectivity index (χ0) is 18.1. The number of fused-ring (bicyclic) bond motifs is 1. The molecule has 1 aromatic carbocycles. The molecule has 6 heteroatoms. The van der Waals surface area contributed by atoms with Gasteiger partial charge in [-0.25, -0.2) is 0 Å². The fourth-order valence-electron chi connectivity index (χ4n) is 3.89. The zero-order valence-electron chi connectivity index (χ0n) is 14.4. The maximum Gasteiger partial charge on any atom is 0.320 e. The van der Waals surface area contributed by atoms with Gasteiger partial charge in [-0.05, 0) is 37.1 Å². The molecule has 2 amide bonds. The molecule has 4 rings (SSSR count). The highest BCUT2D eigenvalue weighted by molar-refractivity contribution is 6.43. The van der Waals surface area contributed by atoms with Gasteiger partial charge in [-0.3, -0.25) is 23.9 Å². The molecule has 1 aromatic heterocycles. The first kappa shape index (κ1) is 16.6. The number of carbonyl (C=O) groups is 3. The van der Waals surface area contributed by atoms with E-state index >= 15 is 0 Å². The predicted octanol–water partition coefficient (Wildman–Crippen LogP) is 2.67. The first-order valence-electron chi connectivity index (χ1n) is 9.07. The second kappa shape index (κ2) is 6.78. The maximum absolute atomic E-state index is 13.1. The summed E-state index contributed by atoms with van der Waals surface area (Å²) in [5.74, 6) is -1.57. The van der Waals surface area contributed by atoms with E-state index in [1.807, 2.05) is 6.07 Å². The number of hydrogen-bond acceptors (Lipinski definition) is 3. The topological polar surface area (TPSA) is 71.4 Å². The molecule has 1 saturated carbocycles. The molecule has 1 unspecified atom stereocenters. The lowest BCUT2D eigenvalue weighted by Crippen LogP contribution is -2.53. The minimum absolute atomic E-state index is 0.130. The van der Waals surface area contributed by atoms with Crippen LogP contribution in [0.4, 0.5) is 5.69 Å². The molecule has 2 aliphatic rings. The lowest BCUT2D eigenvalue weighted by Gasteiger charge is -2.36. The fourth-order valence-corrected chi connectivity index (χ4v) is 3.89. The summed E-state index contributed by atoms with van der Waals surface area (Å²) < 4.78 is 1.28. The van der Waals surface area contributed by atoms with E-state index < -0.39 is 17.9 Å². The van der Waals surface area contributed by atoms with Crippen LogP contribution in [-0.2, 0) is 9.59 Å². The van der Waals surface area contributed by atoms with E-state index in [1.165, 1.54) is 15.9 Å². The number of anilines is 1. The molecule has 2 aromatic rings. The van der Waals surface area contributed by atoms with Crippen LogP contribution >= 0.6 is 0 Å². The van der Waals surface area contributed by atoms with Crippen molar-refractivity contribution in [1.82, 2.24) is 9.88 Å². The highest BCUT2D eigenvalue weighted by Gasteiger charge is 2.43. The number of carbonyl (C=O) groups excluding carboxylic acids is 3. The molecule has 1 aliphatic heterocycles. The van der Waals surface area contributed by atoms with Gasteiger partial charge >= 0.3 is 11.8 Å². The highest BCUT2D eigenvalue weighted by Crippen LogP contribution is 2.32. The van der Waals surface area contributed by atoms with E-state index in [-0.39, 0.29) is 11.9 Å². The predicted molar refractivity (Wildman–Crippen MR) is 96.7 cm³/mol. The molecule has 0 bridgehead atoms. The number of hydrogen-bond donors (Lipinski definition) is 1. The largest absolute Gasteiger partial charge is 0.351 e. The third-order valence-electron chi connectivity index (χ3n) is 5.17. The summed E-state index contributed by atoms with van der Waals surface area (Å²) in [6.07, 6.45) is 6.85. The van der Waals surface area contributed by atoms with Crippen LogP contribution in [0.25, 0.3) is 0 Å². The molecule has 1 fully saturated rings. The molecule has 1 atom stereocenters. The van der Waals surface area contributed by atoms with Crippen LogP contribution in [-0.4, -0.2) is 28.3 Å². The molecular formula is C20H21N3O3. The minimum atomic E-state index is -0.848. The number of benzene rings is 1. The van der Waals surface area contributed by atoms with Gasteiger partial charge in [-0.15, -0.1) is 0 Å². The molecule has 1 aliphatic carbocycles. The van der Waals surface area contributed by atoms with Gasteiger partial charge in [0.15, 0.2) is 6.04 Å². The summed E-state index contributed by atoms with van der Waals surface area (Å²) in [5, 5.41) is 3.10. The number of rotatable bonds is 3. The van der Waals surface area contributed by atoms with Gasteiger partial charge in [0.1, 0.15) is 0 Å². The lowest BCUT2D eigenvalue weighted by molar-refractivity contribution is -0.126. The number of nitrogens with one attached hydrogen (secondary N) is 1. The van der Waals surface area contributed by atoms with Gasteiger partial charge < -0.3 is 5.32 Å². The summed E-state index contributed by atoms with van der Waals surface area (Å²) >= 11 is 0. The summed E-state index contributed by atoms with van der Waals surface area (Å²) in [7, 11) is 0. The Labute approximate surface area is 151 Å². The van der Waals surface area contributed by atoms with Crippen LogP contribution in [0.15, 0.2) is 48.7 Å². The average Bonchev–Trinajstić information content (AvgIpc) is 3.15. The van der Waals surface area contributed by atoms with Crippen molar-refractivity contribution in [3.8, 4) is 0 Å². The van der Waals surface area contributed by atoms with Crippen molar-refractivity contribution < 1.29 is 14.4 Å². The van der Waals surface area contributed by atoms with Crippen LogP contribution < -0.4 is 10.2 Å². The van der Waals surface area contributed by atoms with Crippen molar-refractivity contribution in [2.45, 2.75) is 44.2 Å². The normalized spacial score (nSPS) is 20.8. The molecule has 0 radical (unpaired) electrons. The first-order chi connectivity index (χ1) is 12.7. The van der Waals surface area contributed by atoms with Crippen LogP contribution in [0, 0.1) is 0 Å². The third-order valence-corrected chi connectivity index (χ3v) is 5.17. The highest BCUT2D eigenvalue weighted by atomic mass is 16.2. The molecule has 2 heterocycles. The van der Waals surface area contributed by atoms with Crippen molar-refractivity contribution >= 4 is 23.4 Å². The number of nitrogens with zero attached hydrogens (tertiary/aromatic N) is 2. The van der Waals surface area contributed by atoms with Gasteiger partial charge in [0, 0.05) is 17.9 Å². The third kappa shape index (κ3) is 2.81. The Morgan fingerprint density at radius 3 is 2.38 bits per heavy atom. The first-order valence-corrected chi connectivity index (χ1v) is 9.07. The number of amides is 2. The Morgan fingerprint density at radius 2 is 1.65 bits per heavy atom. The molecule has 1 N–H and O–H groups in total. The smallest absolute Gasteiger partial charge is 0.320 e. The zero-order valence-corrected chi connectivity index (χ0v) is 14.4. The average molecular weight is 351 g/mol. The van der Waals surface area contributed by atoms with Crippen molar-refractivity contribution in [2.75, 3.05) is 4.90 Å². The van der Waals surface area contributed by atoms with Gasteiger partial charge in [-0.2, -0.15) is 0 Å². The van der Waals surface area contributed by atoms with E-state index in [0.717, 1.165) is 25.7 Å². The Morgan fingerprint density at radius 1 is 0.923 bits per heavy atom. The van der Waals surface area contributed by atoms with Gasteiger partial charge in [0.05, 0.1) is 5.69 Å². The Balaban J connectivity index is 1.72.